The Hall–Kier alpha value is -3.58. The van der Waals surface area contributed by atoms with Gasteiger partial charge in [-0.15, -0.1) is 10.2 Å². The normalized spacial score (nSPS) is 22.3. The van der Waals surface area contributed by atoms with Crippen molar-refractivity contribution in [2.45, 2.75) is 37.4 Å². The van der Waals surface area contributed by atoms with Crippen LogP contribution in [0.1, 0.15) is 24.8 Å². The average Bonchev–Trinajstić information content (AvgIpc) is 3.25. The van der Waals surface area contributed by atoms with Crippen LogP contribution in [-0.2, 0) is 11.2 Å². The Morgan fingerprint density at radius 3 is 2.71 bits per heavy atom. The predicted octanol–water partition coefficient (Wildman–Crippen LogP) is 0.917. The number of piperidine rings is 1. The summed E-state index contributed by atoms with van der Waals surface area (Å²) in [6.45, 7) is 3.62. The van der Waals surface area contributed by atoms with E-state index < -0.39 is 12.1 Å². The summed E-state index contributed by atoms with van der Waals surface area (Å²) in [4.78, 5) is 24.0. The first kappa shape index (κ1) is 24.5. The van der Waals surface area contributed by atoms with Crippen LogP contribution in [0.5, 0.6) is 0 Å². The number of nitrogens with zero attached hydrogens (tertiary/aromatic N) is 7. The number of aryl methyl sites for hydroxylation is 1. The Bertz CT molecular complexity index is 1060. The standard InChI is InChI=1S/C21H29ClN12O/c22-16-18(31-33-24)27-17(30-32-23)15(26-16)19(35)28-20-25-13-21(29-20)8-11-34(12-9-21)10-4-7-14-5-2-1-3-6-14/h1-3,5-6,17,27H,4,7-13H2,(H2,23,30)(H2,24,31)(H2,25,28,29,35). The van der Waals surface area contributed by atoms with Gasteiger partial charge in [0.25, 0.3) is 5.91 Å². The summed E-state index contributed by atoms with van der Waals surface area (Å²) in [6.07, 6.45) is 3.09. The number of halogens is 1. The summed E-state index contributed by atoms with van der Waals surface area (Å²) in [5, 5.41) is 22.6. The first-order valence-electron chi connectivity index (χ1n) is 11.4. The van der Waals surface area contributed by atoms with Crippen LogP contribution in [-0.4, -0.2) is 60.4 Å². The molecule has 3 aliphatic heterocycles. The molecule has 0 radical (unpaired) electrons. The summed E-state index contributed by atoms with van der Waals surface area (Å²) in [6, 6.07) is 10.6. The molecule has 1 aromatic carbocycles. The van der Waals surface area contributed by atoms with Crippen LogP contribution in [0.25, 0.3) is 0 Å². The molecule has 0 bridgehead atoms. The van der Waals surface area contributed by atoms with Crippen LogP contribution in [0.15, 0.2) is 72.0 Å². The molecule has 14 heteroatoms. The second-order valence-corrected chi connectivity index (χ2v) is 8.94. The van der Waals surface area contributed by atoms with E-state index in [9.17, 15) is 4.79 Å². The highest BCUT2D eigenvalue weighted by Gasteiger charge is 2.39. The number of carbonyl (C=O) groups excluding carboxylic acids is 1. The third kappa shape index (κ3) is 6.11. The van der Waals surface area contributed by atoms with E-state index in [0.717, 1.165) is 45.3 Å². The third-order valence-electron chi connectivity index (χ3n) is 6.27. The molecule has 1 amide bonds. The van der Waals surface area contributed by atoms with Gasteiger partial charge >= 0.3 is 0 Å². The lowest BCUT2D eigenvalue weighted by Gasteiger charge is -2.39. The van der Waals surface area contributed by atoms with E-state index >= 15 is 0 Å². The first-order valence-corrected chi connectivity index (χ1v) is 11.8. The summed E-state index contributed by atoms with van der Waals surface area (Å²) in [7, 11) is 0. The zero-order chi connectivity index (χ0) is 24.7. The van der Waals surface area contributed by atoms with E-state index in [1.165, 1.54) is 5.56 Å². The molecule has 3 heterocycles. The van der Waals surface area contributed by atoms with Gasteiger partial charge in [-0.25, -0.2) is 4.99 Å². The van der Waals surface area contributed by atoms with Crippen molar-refractivity contribution in [1.29, 1.82) is 0 Å². The van der Waals surface area contributed by atoms with Crippen LogP contribution in [0.4, 0.5) is 0 Å². The summed E-state index contributed by atoms with van der Waals surface area (Å²) in [5.41, 5.74) is 1.17. The number of rotatable bonds is 7. The Kier molecular flexibility index (Phi) is 7.87. The zero-order valence-electron chi connectivity index (χ0n) is 19.2. The number of guanidine groups is 1. The van der Waals surface area contributed by atoms with Crippen LogP contribution in [0.3, 0.4) is 0 Å². The molecule has 0 aromatic heterocycles. The van der Waals surface area contributed by atoms with Gasteiger partial charge in [0.05, 0.1) is 12.1 Å². The molecule has 13 nitrogen and oxygen atoms in total. The van der Waals surface area contributed by atoms with Crippen molar-refractivity contribution in [3.8, 4) is 0 Å². The fourth-order valence-electron chi connectivity index (χ4n) is 4.37. The van der Waals surface area contributed by atoms with Crippen molar-refractivity contribution in [2.75, 3.05) is 26.2 Å². The van der Waals surface area contributed by atoms with Crippen LogP contribution < -0.4 is 27.6 Å². The second kappa shape index (κ2) is 11.2. The number of nitrogens with two attached hydrogens (primary N) is 2. The zero-order valence-corrected chi connectivity index (χ0v) is 19.9. The number of likely N-dealkylation sites (tertiary alicyclic amines) is 1. The fraction of sp³-hybridized carbons (Fsp3) is 0.476. The highest BCUT2D eigenvalue weighted by atomic mass is 35.5. The lowest BCUT2D eigenvalue weighted by molar-refractivity contribution is -0.113. The molecule has 1 fully saturated rings. The van der Waals surface area contributed by atoms with E-state index in [1.807, 2.05) is 6.07 Å². The van der Waals surface area contributed by atoms with Gasteiger partial charge in [-0.3, -0.25) is 15.1 Å². The topological polar surface area (TPSA) is 183 Å². The number of hydrogen-bond acceptors (Lipinski definition) is 10. The van der Waals surface area contributed by atoms with Gasteiger partial charge in [-0.1, -0.05) is 52.4 Å². The lowest BCUT2D eigenvalue weighted by Crippen LogP contribution is -2.57. The largest absolute Gasteiger partial charge is 0.349 e. The number of nitrogens with one attached hydrogen (secondary N) is 3. The van der Waals surface area contributed by atoms with Crippen molar-refractivity contribution in [1.82, 2.24) is 20.9 Å². The Labute approximate surface area is 207 Å². The second-order valence-electron chi connectivity index (χ2n) is 8.58. The van der Waals surface area contributed by atoms with Gasteiger partial charge in [-0.2, -0.15) is 0 Å². The SMILES string of the molecule is NN=NC1=C(Cl)N=C(C(=O)NC2=NCC3(CCN(CCCc4ccccc4)CC3)N2)C(N=NN)N1. The number of amides is 1. The molecule has 1 saturated heterocycles. The van der Waals surface area contributed by atoms with Crippen molar-refractivity contribution >= 4 is 29.2 Å². The molecule has 3 aliphatic rings. The monoisotopic (exact) mass is 500 g/mol. The molecule has 0 saturated carbocycles. The predicted molar refractivity (Wildman–Crippen MR) is 132 cm³/mol. The molecule has 1 aromatic rings. The van der Waals surface area contributed by atoms with Gasteiger partial charge in [0, 0.05) is 13.1 Å². The highest BCUT2D eigenvalue weighted by molar-refractivity contribution is 6.45. The molecule has 35 heavy (non-hydrogen) atoms. The van der Waals surface area contributed by atoms with Gasteiger partial charge in [0.15, 0.2) is 28.8 Å². The molecule has 1 unspecified atom stereocenters. The molecule has 4 rings (SSSR count). The van der Waals surface area contributed by atoms with Crippen molar-refractivity contribution in [2.24, 2.45) is 42.3 Å². The maximum Gasteiger partial charge on any atom is 0.276 e. The smallest absolute Gasteiger partial charge is 0.276 e. The third-order valence-corrected chi connectivity index (χ3v) is 6.53. The average molecular weight is 501 g/mol. The van der Waals surface area contributed by atoms with Crippen LogP contribution >= 0.6 is 11.6 Å². The molecule has 0 aliphatic carbocycles. The summed E-state index contributed by atoms with van der Waals surface area (Å²) in [5.74, 6) is 10.1. The van der Waals surface area contributed by atoms with Gasteiger partial charge < -0.3 is 27.2 Å². The molecule has 186 valence electrons. The van der Waals surface area contributed by atoms with E-state index in [0.29, 0.717) is 12.5 Å². The quantitative estimate of drug-likeness (QED) is 0.160. The molecule has 7 N–H and O–H groups in total. The van der Waals surface area contributed by atoms with E-state index in [1.54, 1.807) is 0 Å². The minimum Gasteiger partial charge on any atom is -0.349 e. The maximum absolute atomic E-state index is 12.9. The molecule has 1 atom stereocenters. The van der Waals surface area contributed by atoms with Gasteiger partial charge in [0.1, 0.15) is 0 Å². The minimum atomic E-state index is -1.00. The lowest BCUT2D eigenvalue weighted by atomic mass is 9.88. The number of aliphatic imine (C=N–C) groups is 2. The fourth-order valence-corrected chi connectivity index (χ4v) is 4.56. The van der Waals surface area contributed by atoms with E-state index in [-0.39, 0.29) is 22.2 Å². The van der Waals surface area contributed by atoms with Gasteiger partial charge in [-0.05, 0) is 37.8 Å². The van der Waals surface area contributed by atoms with E-state index in [2.05, 4.69) is 75.8 Å². The van der Waals surface area contributed by atoms with Crippen LogP contribution in [0, 0.1) is 0 Å². The number of hydrogen-bond donors (Lipinski definition) is 5. The van der Waals surface area contributed by atoms with E-state index in [4.69, 9.17) is 23.3 Å². The maximum atomic E-state index is 12.9. The Morgan fingerprint density at radius 1 is 1.23 bits per heavy atom. The summed E-state index contributed by atoms with van der Waals surface area (Å²) < 4.78 is 0. The number of benzene rings is 1. The van der Waals surface area contributed by atoms with Crippen molar-refractivity contribution in [3.63, 3.8) is 0 Å². The number of carbonyl (C=O) groups is 1. The highest BCUT2D eigenvalue weighted by Crippen LogP contribution is 2.26. The van der Waals surface area contributed by atoms with Crippen molar-refractivity contribution < 1.29 is 4.79 Å². The summed E-state index contributed by atoms with van der Waals surface area (Å²) >= 11 is 6.07. The first-order chi connectivity index (χ1) is 17.0. The Balaban J connectivity index is 1.28. The molecule has 1 spiro atoms. The van der Waals surface area contributed by atoms with Crippen LogP contribution in [0.2, 0.25) is 0 Å². The molecular weight excluding hydrogens is 472 g/mol. The Morgan fingerprint density at radius 2 is 2.00 bits per heavy atom. The molecular formula is C21H29ClN12O. The minimum absolute atomic E-state index is 0.0427. The van der Waals surface area contributed by atoms with Gasteiger partial charge in [0.2, 0.25) is 0 Å². The van der Waals surface area contributed by atoms with Crippen molar-refractivity contribution in [3.05, 3.63) is 46.9 Å².